The first-order valence-corrected chi connectivity index (χ1v) is 10.4. The normalized spacial score (nSPS) is 17.7. The molecule has 29 heavy (non-hydrogen) atoms. The Hall–Kier alpha value is -2.19. The third-order valence-corrected chi connectivity index (χ3v) is 6.85. The lowest BCUT2D eigenvalue weighted by molar-refractivity contribution is -0.137. The highest BCUT2D eigenvalue weighted by atomic mass is 32.2. The van der Waals surface area contributed by atoms with Gasteiger partial charge in [-0.05, 0) is 37.1 Å². The lowest BCUT2D eigenvalue weighted by atomic mass is 9.73. The summed E-state index contributed by atoms with van der Waals surface area (Å²) in [6.07, 6.45) is -0.367. The van der Waals surface area contributed by atoms with Gasteiger partial charge in [0, 0.05) is 16.3 Å². The SMILES string of the molecule is NCC1(C(=O)Nc2cc(C(F)(F)F)cc3c2Nc2ccccc2S3)CCCCC1. The van der Waals surface area contributed by atoms with Crippen LogP contribution in [0, 0.1) is 5.41 Å². The van der Waals surface area contributed by atoms with Gasteiger partial charge in [-0.25, -0.2) is 0 Å². The second-order valence-electron chi connectivity index (χ2n) is 7.62. The third-order valence-electron chi connectivity index (χ3n) is 5.73. The Morgan fingerprint density at radius 2 is 1.86 bits per heavy atom. The van der Waals surface area contributed by atoms with Gasteiger partial charge in [-0.2, -0.15) is 13.2 Å². The molecule has 1 heterocycles. The number of halogens is 3. The predicted molar refractivity (Wildman–Crippen MR) is 108 cm³/mol. The first-order chi connectivity index (χ1) is 13.8. The molecule has 1 amide bonds. The fourth-order valence-corrected chi connectivity index (χ4v) is 5.07. The number of carbonyl (C=O) groups is 1. The molecule has 1 aliphatic carbocycles. The standard InChI is InChI=1S/C21H22F3N3OS/c22-21(23,24)13-10-15(27-19(28)20(12-25)8-4-1-5-9-20)18-17(11-13)29-16-7-3-2-6-14(16)26-18/h2-3,6-7,10-11,26H,1,4-5,8-9,12,25H2,(H,27,28). The van der Waals surface area contributed by atoms with E-state index in [1.54, 1.807) is 0 Å². The maximum atomic E-state index is 13.5. The summed E-state index contributed by atoms with van der Waals surface area (Å²) in [6.45, 7) is 0.186. The van der Waals surface area contributed by atoms with Crippen molar-refractivity contribution in [1.29, 1.82) is 0 Å². The second kappa shape index (κ2) is 7.57. The Labute approximate surface area is 171 Å². The van der Waals surface area contributed by atoms with E-state index in [4.69, 9.17) is 5.73 Å². The largest absolute Gasteiger partial charge is 0.416 e. The maximum absolute atomic E-state index is 13.5. The fourth-order valence-electron chi connectivity index (χ4n) is 4.01. The van der Waals surface area contributed by atoms with Crippen LogP contribution in [0.4, 0.5) is 30.2 Å². The summed E-state index contributed by atoms with van der Waals surface area (Å²) < 4.78 is 40.5. The number of rotatable bonds is 3. The molecule has 0 radical (unpaired) electrons. The van der Waals surface area contributed by atoms with E-state index >= 15 is 0 Å². The van der Waals surface area contributed by atoms with Crippen molar-refractivity contribution < 1.29 is 18.0 Å². The van der Waals surface area contributed by atoms with Crippen molar-refractivity contribution in [2.45, 2.75) is 48.1 Å². The second-order valence-corrected chi connectivity index (χ2v) is 8.70. The molecule has 4 N–H and O–H groups in total. The van der Waals surface area contributed by atoms with Crippen molar-refractivity contribution in [2.24, 2.45) is 11.1 Å². The van der Waals surface area contributed by atoms with Crippen molar-refractivity contribution in [1.82, 2.24) is 0 Å². The number of nitrogens with two attached hydrogens (primary N) is 1. The van der Waals surface area contributed by atoms with Gasteiger partial charge in [0.2, 0.25) is 5.91 Å². The highest BCUT2D eigenvalue weighted by molar-refractivity contribution is 7.99. The molecule has 1 fully saturated rings. The van der Waals surface area contributed by atoms with E-state index in [2.05, 4.69) is 10.6 Å². The minimum absolute atomic E-state index is 0.139. The highest BCUT2D eigenvalue weighted by Gasteiger charge is 2.39. The molecule has 2 aliphatic rings. The van der Waals surface area contributed by atoms with Crippen molar-refractivity contribution in [2.75, 3.05) is 17.2 Å². The minimum atomic E-state index is -4.51. The molecule has 0 unspecified atom stereocenters. The van der Waals surface area contributed by atoms with Crippen LogP contribution in [0.2, 0.25) is 0 Å². The van der Waals surface area contributed by atoms with Crippen molar-refractivity contribution >= 4 is 34.7 Å². The fraction of sp³-hybridized carbons (Fsp3) is 0.381. The molecule has 4 nitrogen and oxygen atoms in total. The molecule has 0 aromatic heterocycles. The van der Waals surface area contributed by atoms with E-state index in [0.717, 1.165) is 42.0 Å². The first-order valence-electron chi connectivity index (χ1n) is 9.63. The zero-order chi connectivity index (χ0) is 20.6. The number of para-hydroxylation sites is 1. The summed E-state index contributed by atoms with van der Waals surface area (Å²) in [5.41, 5.74) is 5.84. The number of anilines is 3. The molecular formula is C21H22F3N3OS. The summed E-state index contributed by atoms with van der Waals surface area (Å²) in [4.78, 5) is 14.4. The Balaban J connectivity index is 1.73. The molecular weight excluding hydrogens is 399 g/mol. The molecule has 154 valence electrons. The van der Waals surface area contributed by atoms with Gasteiger partial charge < -0.3 is 16.4 Å². The molecule has 0 spiro atoms. The number of hydrogen-bond acceptors (Lipinski definition) is 4. The number of amides is 1. The van der Waals surface area contributed by atoms with Gasteiger partial charge in [0.05, 0.1) is 28.0 Å². The van der Waals surface area contributed by atoms with Crippen LogP contribution in [-0.2, 0) is 11.0 Å². The van der Waals surface area contributed by atoms with Gasteiger partial charge in [-0.15, -0.1) is 0 Å². The molecule has 4 rings (SSSR count). The average Bonchev–Trinajstić information content (AvgIpc) is 2.72. The average molecular weight is 421 g/mol. The lowest BCUT2D eigenvalue weighted by Crippen LogP contribution is -2.44. The van der Waals surface area contributed by atoms with Gasteiger partial charge in [-0.3, -0.25) is 4.79 Å². The number of nitrogens with one attached hydrogen (secondary N) is 2. The van der Waals surface area contributed by atoms with E-state index < -0.39 is 17.2 Å². The topological polar surface area (TPSA) is 67.2 Å². The summed E-state index contributed by atoms with van der Waals surface area (Å²) >= 11 is 1.26. The van der Waals surface area contributed by atoms with Gasteiger partial charge in [0.15, 0.2) is 0 Å². The van der Waals surface area contributed by atoms with Crippen LogP contribution in [0.5, 0.6) is 0 Å². The lowest BCUT2D eigenvalue weighted by Gasteiger charge is -2.35. The monoisotopic (exact) mass is 421 g/mol. The zero-order valence-corrected chi connectivity index (χ0v) is 16.6. The van der Waals surface area contributed by atoms with Gasteiger partial charge >= 0.3 is 6.18 Å². The summed E-state index contributed by atoms with van der Waals surface area (Å²) in [7, 11) is 0. The van der Waals surface area contributed by atoms with E-state index in [1.807, 2.05) is 24.3 Å². The molecule has 2 aromatic rings. The molecule has 0 bridgehead atoms. The van der Waals surface area contributed by atoms with E-state index in [9.17, 15) is 18.0 Å². The molecule has 0 atom stereocenters. The van der Waals surface area contributed by atoms with Crippen molar-refractivity contribution in [3.05, 3.63) is 42.0 Å². The number of fused-ring (bicyclic) bond motifs is 2. The summed E-state index contributed by atoms with van der Waals surface area (Å²) in [6, 6.07) is 9.52. The Morgan fingerprint density at radius 3 is 2.55 bits per heavy atom. The van der Waals surface area contributed by atoms with Gasteiger partial charge in [0.1, 0.15) is 0 Å². The third kappa shape index (κ3) is 3.83. The van der Waals surface area contributed by atoms with Crippen molar-refractivity contribution in [3.8, 4) is 0 Å². The number of hydrogen-bond donors (Lipinski definition) is 3. The van der Waals surface area contributed by atoms with Gasteiger partial charge in [-0.1, -0.05) is 43.2 Å². The van der Waals surface area contributed by atoms with E-state index in [-0.39, 0.29) is 18.1 Å². The molecule has 8 heteroatoms. The summed E-state index contributed by atoms with van der Waals surface area (Å²) in [5, 5.41) is 5.97. The van der Waals surface area contributed by atoms with Crippen LogP contribution >= 0.6 is 11.8 Å². The quantitative estimate of drug-likeness (QED) is 0.503. The van der Waals surface area contributed by atoms with Crippen LogP contribution in [0.1, 0.15) is 37.7 Å². The number of carbonyl (C=O) groups excluding carboxylic acids is 1. The molecule has 2 aromatic carbocycles. The van der Waals surface area contributed by atoms with E-state index in [1.165, 1.54) is 11.8 Å². The zero-order valence-electron chi connectivity index (χ0n) is 15.7. The smallest absolute Gasteiger partial charge is 0.352 e. The Kier molecular flexibility index (Phi) is 5.25. The van der Waals surface area contributed by atoms with Gasteiger partial charge in [0.25, 0.3) is 0 Å². The van der Waals surface area contributed by atoms with Crippen LogP contribution in [0.25, 0.3) is 0 Å². The van der Waals surface area contributed by atoms with Crippen LogP contribution in [0.3, 0.4) is 0 Å². The maximum Gasteiger partial charge on any atom is 0.416 e. The molecule has 1 saturated carbocycles. The van der Waals surface area contributed by atoms with Crippen LogP contribution < -0.4 is 16.4 Å². The van der Waals surface area contributed by atoms with E-state index in [0.29, 0.717) is 23.4 Å². The molecule has 1 aliphatic heterocycles. The Bertz CT molecular complexity index is 939. The van der Waals surface area contributed by atoms with Crippen LogP contribution in [0.15, 0.2) is 46.2 Å². The summed E-state index contributed by atoms with van der Waals surface area (Å²) in [5.74, 6) is -0.299. The minimum Gasteiger partial charge on any atom is -0.352 e. The molecule has 0 saturated heterocycles. The predicted octanol–water partition coefficient (Wildman–Crippen LogP) is 5.76. The Morgan fingerprint density at radius 1 is 1.14 bits per heavy atom. The number of alkyl halides is 3. The van der Waals surface area contributed by atoms with Crippen LogP contribution in [-0.4, -0.2) is 12.5 Å². The van der Waals surface area contributed by atoms with Crippen molar-refractivity contribution in [3.63, 3.8) is 0 Å². The first kappa shape index (κ1) is 20.1. The highest BCUT2D eigenvalue weighted by Crippen LogP contribution is 2.50. The number of benzene rings is 2.